The highest BCUT2D eigenvalue weighted by Crippen LogP contribution is 2.38. The highest BCUT2D eigenvalue weighted by atomic mass is 19.4. The van der Waals surface area contributed by atoms with Crippen molar-refractivity contribution in [2.24, 2.45) is 5.92 Å². The van der Waals surface area contributed by atoms with Crippen molar-refractivity contribution in [2.45, 2.75) is 85.3 Å². The summed E-state index contributed by atoms with van der Waals surface area (Å²) in [6, 6.07) is 8.39. The van der Waals surface area contributed by atoms with Gasteiger partial charge in [-0.25, -0.2) is 0 Å². The number of hydrogen-bond acceptors (Lipinski definition) is 1. The number of hydrogen-bond donors (Lipinski definition) is 0. The van der Waals surface area contributed by atoms with Crippen LogP contribution in [0.1, 0.15) is 85.2 Å². The lowest BCUT2D eigenvalue weighted by atomic mass is 9.98. The number of halogens is 15. The lowest BCUT2D eigenvalue weighted by Crippen LogP contribution is -2.12. The zero-order valence-electron chi connectivity index (χ0n) is 25.5. The Bertz CT molecular complexity index is 1470. The summed E-state index contributed by atoms with van der Waals surface area (Å²) >= 11 is 0. The highest BCUT2D eigenvalue weighted by Gasteiger charge is 2.38. The van der Waals surface area contributed by atoms with E-state index in [1.807, 2.05) is 0 Å². The van der Waals surface area contributed by atoms with E-state index in [0.717, 1.165) is 36.4 Å². The molecular formula is C33H32F15N. The summed E-state index contributed by atoms with van der Waals surface area (Å²) in [6.45, 7) is 6.70. The minimum Gasteiger partial charge on any atom is -0.192 e. The Hall–Kier alpha value is -3.90. The van der Waals surface area contributed by atoms with Crippen molar-refractivity contribution in [3.8, 4) is 6.07 Å². The van der Waals surface area contributed by atoms with Gasteiger partial charge in [-0.3, -0.25) is 0 Å². The fraction of sp³-hybridized carbons (Fsp3) is 0.424. The summed E-state index contributed by atoms with van der Waals surface area (Å²) in [7, 11) is 0. The van der Waals surface area contributed by atoms with Crippen LogP contribution in [0.25, 0.3) is 0 Å². The minimum atomic E-state index is -4.77. The average molecular weight is 728 g/mol. The Kier molecular flexibility index (Phi) is 15.8. The first-order chi connectivity index (χ1) is 21.6. The summed E-state index contributed by atoms with van der Waals surface area (Å²) in [5.74, 6) is -0.0189. The van der Waals surface area contributed by atoms with Crippen LogP contribution in [0.15, 0.2) is 54.6 Å². The quantitative estimate of drug-likeness (QED) is 0.246. The van der Waals surface area contributed by atoms with E-state index in [9.17, 15) is 65.9 Å². The van der Waals surface area contributed by atoms with Gasteiger partial charge in [-0.1, -0.05) is 35.1 Å². The van der Waals surface area contributed by atoms with Crippen LogP contribution in [-0.4, -0.2) is 0 Å². The SMILES string of the molecule is C.CC(C)Cc1cc(C(F)(F)F)cc(C(F)(F)F)c1.CCc1cc(C#N)cc(C(F)(F)F)c1.CCc1cc(C(F)(F)F)cc(C(F)(F)F)c1. The molecule has 49 heavy (non-hydrogen) atoms. The molecule has 16 heteroatoms. The molecule has 274 valence electrons. The Balaban J connectivity index is 0.000000703. The van der Waals surface area contributed by atoms with Crippen LogP contribution in [-0.2, 0) is 50.1 Å². The van der Waals surface area contributed by atoms with Gasteiger partial charge in [0.25, 0.3) is 0 Å². The zero-order chi connectivity index (χ0) is 37.5. The van der Waals surface area contributed by atoms with E-state index in [1.165, 1.54) is 13.0 Å². The average Bonchev–Trinajstić information content (AvgIpc) is 2.94. The number of rotatable bonds is 4. The monoisotopic (exact) mass is 727 g/mol. The van der Waals surface area contributed by atoms with E-state index in [1.54, 1.807) is 26.8 Å². The minimum absolute atomic E-state index is 0. The molecule has 0 fully saturated rings. The van der Waals surface area contributed by atoms with E-state index in [2.05, 4.69) is 0 Å². The lowest BCUT2D eigenvalue weighted by Gasteiger charge is -2.15. The molecule has 3 aromatic carbocycles. The molecule has 0 saturated heterocycles. The number of aryl methyl sites for hydroxylation is 2. The Morgan fingerprint density at radius 1 is 0.469 bits per heavy atom. The van der Waals surface area contributed by atoms with E-state index in [-0.39, 0.29) is 55.0 Å². The maximum absolute atomic E-state index is 12.5. The van der Waals surface area contributed by atoms with Crippen molar-refractivity contribution in [3.63, 3.8) is 0 Å². The molecule has 0 N–H and O–H groups in total. The number of benzene rings is 3. The topological polar surface area (TPSA) is 23.8 Å². The third kappa shape index (κ3) is 15.0. The first-order valence-electron chi connectivity index (χ1n) is 13.8. The Labute approximate surface area is 273 Å². The summed E-state index contributed by atoms with van der Waals surface area (Å²) in [5, 5.41) is 8.53. The third-order valence-electron chi connectivity index (χ3n) is 6.20. The first kappa shape index (κ1) is 45.1. The van der Waals surface area contributed by atoms with Crippen LogP contribution >= 0.6 is 0 Å². The predicted molar refractivity (Wildman–Crippen MR) is 153 cm³/mol. The number of alkyl halides is 15. The van der Waals surface area contributed by atoms with Gasteiger partial charge in [-0.2, -0.15) is 71.1 Å². The van der Waals surface area contributed by atoms with Gasteiger partial charge in [0.2, 0.25) is 0 Å². The number of nitriles is 1. The molecular weight excluding hydrogens is 695 g/mol. The molecule has 1 nitrogen and oxygen atoms in total. The van der Waals surface area contributed by atoms with Crippen molar-refractivity contribution < 1.29 is 65.9 Å². The smallest absolute Gasteiger partial charge is 0.192 e. The van der Waals surface area contributed by atoms with Gasteiger partial charge >= 0.3 is 30.9 Å². The van der Waals surface area contributed by atoms with Crippen molar-refractivity contribution in [3.05, 3.63) is 105 Å². The molecule has 0 radical (unpaired) electrons. The van der Waals surface area contributed by atoms with Crippen LogP contribution in [0.5, 0.6) is 0 Å². The van der Waals surface area contributed by atoms with E-state index in [0.29, 0.717) is 12.0 Å². The van der Waals surface area contributed by atoms with Gasteiger partial charge in [-0.05, 0) is 96.5 Å². The molecule has 0 atom stereocenters. The molecule has 0 heterocycles. The van der Waals surface area contributed by atoms with Crippen LogP contribution in [0.4, 0.5) is 65.9 Å². The molecule has 0 spiro atoms. The molecule has 0 aliphatic carbocycles. The Morgan fingerprint density at radius 3 is 0.980 bits per heavy atom. The molecule has 0 saturated carbocycles. The second kappa shape index (κ2) is 17.2. The van der Waals surface area contributed by atoms with Crippen molar-refractivity contribution in [1.82, 2.24) is 0 Å². The normalized spacial score (nSPS) is 12.2. The fourth-order valence-electron chi connectivity index (χ4n) is 3.96. The standard InChI is InChI=1S/C12H12F6.C10H8F6.C10H8F3N.CH4/c1-7(2)3-8-4-9(11(13,14)15)6-10(5-8)12(16,17)18;1-2-6-3-7(9(11,12)13)5-8(4-6)10(14,15)16;1-2-7-3-8(6-14)5-9(4-7)10(11,12)13;/h4-7H,3H2,1-2H3;3-5H,2H2,1H3;3-5H,2H2,1H3;1H4. The van der Waals surface area contributed by atoms with Gasteiger partial charge < -0.3 is 0 Å². The zero-order valence-corrected chi connectivity index (χ0v) is 25.5. The summed E-state index contributed by atoms with van der Waals surface area (Å²) < 4.78 is 186. The molecule has 3 rings (SSSR count). The lowest BCUT2D eigenvalue weighted by molar-refractivity contribution is -0.144. The van der Waals surface area contributed by atoms with E-state index in [4.69, 9.17) is 5.26 Å². The second-order valence-corrected chi connectivity index (χ2v) is 10.7. The predicted octanol–water partition coefficient (Wildman–Crippen LogP) is 13.0. The van der Waals surface area contributed by atoms with Crippen molar-refractivity contribution in [1.29, 1.82) is 5.26 Å². The van der Waals surface area contributed by atoms with Crippen LogP contribution in [0.2, 0.25) is 0 Å². The summed E-state index contributed by atoms with van der Waals surface area (Å²) in [4.78, 5) is 0. The van der Waals surface area contributed by atoms with Gasteiger partial charge in [0.05, 0.1) is 39.4 Å². The molecule has 0 aliphatic heterocycles. The largest absolute Gasteiger partial charge is 0.416 e. The third-order valence-corrected chi connectivity index (χ3v) is 6.20. The molecule has 0 amide bonds. The second-order valence-electron chi connectivity index (χ2n) is 10.7. The van der Waals surface area contributed by atoms with E-state index >= 15 is 0 Å². The maximum atomic E-state index is 12.5. The molecule has 0 unspecified atom stereocenters. The van der Waals surface area contributed by atoms with Gasteiger partial charge in [0.15, 0.2) is 0 Å². The first-order valence-corrected chi connectivity index (χ1v) is 13.8. The molecule has 0 aromatic heterocycles. The van der Waals surface area contributed by atoms with Crippen LogP contribution in [0.3, 0.4) is 0 Å². The maximum Gasteiger partial charge on any atom is 0.416 e. The highest BCUT2D eigenvalue weighted by molar-refractivity contribution is 5.39. The van der Waals surface area contributed by atoms with Crippen LogP contribution < -0.4 is 0 Å². The molecule has 3 aromatic rings. The molecule has 0 bridgehead atoms. The molecule has 0 aliphatic rings. The summed E-state index contributed by atoms with van der Waals surface area (Å²) in [6.07, 6.45) is -22.7. The van der Waals surface area contributed by atoms with Crippen LogP contribution in [0, 0.1) is 17.2 Å². The van der Waals surface area contributed by atoms with Crippen molar-refractivity contribution in [2.75, 3.05) is 0 Å². The fourth-order valence-corrected chi connectivity index (χ4v) is 3.96. The van der Waals surface area contributed by atoms with Crippen molar-refractivity contribution >= 4 is 0 Å². The number of nitrogens with zero attached hydrogens (tertiary/aromatic N) is 1. The Morgan fingerprint density at radius 2 is 0.735 bits per heavy atom. The van der Waals surface area contributed by atoms with Gasteiger partial charge in [0, 0.05) is 0 Å². The summed E-state index contributed by atoms with van der Waals surface area (Å²) in [5.41, 5.74) is -5.16. The van der Waals surface area contributed by atoms with Gasteiger partial charge in [-0.15, -0.1) is 0 Å². The van der Waals surface area contributed by atoms with E-state index < -0.39 is 58.7 Å². The van der Waals surface area contributed by atoms with Gasteiger partial charge in [0.1, 0.15) is 0 Å².